The van der Waals surface area contributed by atoms with Crippen molar-refractivity contribution in [3.05, 3.63) is 29.3 Å². The Balaban J connectivity index is 3.04. The topological polar surface area (TPSA) is 82.8 Å². The zero-order valence-corrected chi connectivity index (χ0v) is 17.2. The molecule has 1 rings (SSSR count). The highest BCUT2D eigenvalue weighted by Crippen LogP contribution is 2.28. The summed E-state index contributed by atoms with van der Waals surface area (Å²) in [6, 6.07) is 7.23. The monoisotopic (exact) mass is 476 g/mol. The third kappa shape index (κ3) is 7.13. The zero-order chi connectivity index (χ0) is 18.7. The molecule has 0 saturated carbocycles. The first-order chi connectivity index (χ1) is 12.1. The van der Waals surface area contributed by atoms with Gasteiger partial charge >= 0.3 is 5.97 Å². The lowest BCUT2D eigenvalue weighted by atomic mass is 10.1. The number of nitriles is 1. The summed E-state index contributed by atoms with van der Waals surface area (Å²) < 4.78 is 10.7. The van der Waals surface area contributed by atoms with Crippen molar-refractivity contribution in [3.8, 4) is 11.8 Å². The van der Waals surface area contributed by atoms with Crippen LogP contribution in [0.5, 0.6) is 5.75 Å². The van der Waals surface area contributed by atoms with E-state index in [4.69, 9.17) is 19.3 Å². The van der Waals surface area contributed by atoms with Crippen LogP contribution in [-0.4, -0.2) is 37.9 Å². The van der Waals surface area contributed by atoms with Crippen molar-refractivity contribution in [2.45, 2.75) is 19.8 Å². The van der Waals surface area contributed by atoms with Crippen LogP contribution in [0, 0.1) is 11.3 Å². The number of carboxylic acid groups (broad SMARTS) is 1. The number of carboxylic acids is 1. The lowest BCUT2D eigenvalue weighted by molar-refractivity contribution is -0.132. The molecule has 1 aromatic rings. The van der Waals surface area contributed by atoms with Crippen LogP contribution in [-0.2, 0) is 8.98 Å². The standard InChI is InChI=1S/C17H21IN2O4S/c1-3-7-20(8-4-9-24-25-18)15-6-5-13(16(11-15)23-2)10-14(12-19)17(21)22/h5-6,10-11H,3-4,7-9H2,1-2H3,(H,21,22)/b14-10-. The van der Waals surface area contributed by atoms with Gasteiger partial charge in [0.05, 0.1) is 22.9 Å². The van der Waals surface area contributed by atoms with Gasteiger partial charge in [0.15, 0.2) is 0 Å². The van der Waals surface area contributed by atoms with E-state index in [1.54, 1.807) is 12.1 Å². The molecule has 25 heavy (non-hydrogen) atoms. The van der Waals surface area contributed by atoms with Crippen molar-refractivity contribution in [1.82, 2.24) is 0 Å². The number of nitrogens with zero attached hydrogens (tertiary/aromatic N) is 2. The number of ether oxygens (including phenoxy) is 1. The number of aliphatic carboxylic acids is 1. The number of benzene rings is 1. The van der Waals surface area contributed by atoms with Gasteiger partial charge in [-0.15, -0.1) is 0 Å². The van der Waals surface area contributed by atoms with Crippen LogP contribution in [0.15, 0.2) is 23.8 Å². The first kappa shape index (κ1) is 21.6. The van der Waals surface area contributed by atoms with Crippen LogP contribution in [0.25, 0.3) is 6.08 Å². The minimum absolute atomic E-state index is 0.329. The molecule has 6 nitrogen and oxygen atoms in total. The third-order valence-corrected chi connectivity index (χ3v) is 4.45. The van der Waals surface area contributed by atoms with Crippen molar-refractivity contribution >= 4 is 48.2 Å². The Bertz CT molecular complexity index is 646. The molecule has 0 aliphatic carbocycles. The van der Waals surface area contributed by atoms with Crippen molar-refractivity contribution < 1.29 is 18.8 Å². The summed E-state index contributed by atoms with van der Waals surface area (Å²) >= 11 is 2.10. The number of rotatable bonds is 11. The second-order valence-electron chi connectivity index (χ2n) is 5.13. The van der Waals surface area contributed by atoms with E-state index in [9.17, 15) is 4.79 Å². The Morgan fingerprint density at radius 3 is 2.80 bits per heavy atom. The van der Waals surface area contributed by atoms with Crippen molar-refractivity contribution in [2.24, 2.45) is 0 Å². The van der Waals surface area contributed by atoms with E-state index in [0.29, 0.717) is 17.9 Å². The molecule has 0 radical (unpaired) electrons. The first-order valence-corrected chi connectivity index (χ1v) is 11.0. The fourth-order valence-corrected chi connectivity index (χ4v) is 3.02. The van der Waals surface area contributed by atoms with Gasteiger partial charge in [-0.2, -0.15) is 5.26 Å². The quantitative estimate of drug-likeness (QED) is 0.168. The van der Waals surface area contributed by atoms with Crippen LogP contribution in [0.1, 0.15) is 25.3 Å². The molecule has 1 aromatic carbocycles. The smallest absolute Gasteiger partial charge is 0.346 e. The fourth-order valence-electron chi connectivity index (χ4n) is 2.30. The predicted molar refractivity (Wildman–Crippen MR) is 109 cm³/mol. The summed E-state index contributed by atoms with van der Waals surface area (Å²) in [6.07, 6.45) is 3.22. The van der Waals surface area contributed by atoms with E-state index in [-0.39, 0.29) is 5.57 Å². The van der Waals surface area contributed by atoms with E-state index in [0.717, 1.165) is 31.6 Å². The minimum atomic E-state index is -1.26. The molecule has 0 fully saturated rings. The number of methoxy groups -OCH3 is 1. The molecule has 0 aliphatic rings. The molecule has 0 unspecified atom stereocenters. The molecule has 8 heteroatoms. The van der Waals surface area contributed by atoms with Gasteiger partial charge < -0.3 is 18.9 Å². The summed E-state index contributed by atoms with van der Waals surface area (Å²) in [5.41, 5.74) is 1.23. The van der Waals surface area contributed by atoms with E-state index in [1.165, 1.54) is 22.4 Å². The fraction of sp³-hybridized carbons (Fsp3) is 0.412. The highest BCUT2D eigenvalue weighted by Gasteiger charge is 2.12. The SMILES string of the molecule is CCCN(CCCOSI)c1ccc(/C=C(/C#N)C(=O)O)c(OC)c1. The number of anilines is 1. The summed E-state index contributed by atoms with van der Waals surface area (Å²) in [6.45, 7) is 4.54. The molecule has 1 N–H and O–H groups in total. The molecule has 0 aliphatic heterocycles. The number of halogens is 1. The molecule has 0 saturated heterocycles. The Hall–Kier alpha value is -1.44. The highest BCUT2D eigenvalue weighted by molar-refractivity contribution is 14.2. The van der Waals surface area contributed by atoms with Crippen molar-refractivity contribution in [2.75, 3.05) is 31.7 Å². The lowest BCUT2D eigenvalue weighted by Crippen LogP contribution is -2.26. The van der Waals surface area contributed by atoms with Crippen molar-refractivity contribution in [3.63, 3.8) is 0 Å². The van der Waals surface area contributed by atoms with Crippen LogP contribution in [0.4, 0.5) is 5.69 Å². The van der Waals surface area contributed by atoms with Gasteiger partial charge in [0.1, 0.15) is 17.4 Å². The lowest BCUT2D eigenvalue weighted by Gasteiger charge is -2.25. The van der Waals surface area contributed by atoms with Gasteiger partial charge in [-0.3, -0.25) is 0 Å². The Morgan fingerprint density at radius 2 is 2.24 bits per heavy atom. The highest BCUT2D eigenvalue weighted by atomic mass is 127. The maximum atomic E-state index is 11.0. The second-order valence-corrected chi connectivity index (χ2v) is 6.57. The van der Waals surface area contributed by atoms with Gasteiger partial charge in [0, 0.05) is 51.6 Å². The molecular formula is C17H21IN2O4S. The van der Waals surface area contributed by atoms with Crippen molar-refractivity contribution in [1.29, 1.82) is 5.26 Å². The van der Waals surface area contributed by atoms with Gasteiger partial charge in [-0.25, -0.2) is 4.79 Å². The molecule has 0 atom stereocenters. The van der Waals surface area contributed by atoms with E-state index >= 15 is 0 Å². The Kier molecular flexibility index (Phi) is 10.4. The van der Waals surface area contributed by atoms with Gasteiger partial charge in [0.2, 0.25) is 0 Å². The first-order valence-electron chi connectivity index (χ1n) is 7.75. The largest absolute Gasteiger partial charge is 0.496 e. The van der Waals surface area contributed by atoms with Crippen LogP contribution in [0.2, 0.25) is 0 Å². The minimum Gasteiger partial charge on any atom is -0.496 e. The summed E-state index contributed by atoms with van der Waals surface area (Å²) in [7, 11) is 2.86. The van der Waals surface area contributed by atoms with Gasteiger partial charge in [-0.05, 0) is 31.1 Å². The Labute approximate surface area is 164 Å². The maximum absolute atomic E-state index is 11.0. The number of hydrogen-bond donors (Lipinski definition) is 1. The predicted octanol–water partition coefficient (Wildman–Crippen LogP) is 4.31. The van der Waals surface area contributed by atoms with Crippen LogP contribution in [0.3, 0.4) is 0 Å². The van der Waals surface area contributed by atoms with E-state index < -0.39 is 5.97 Å². The molecule has 0 bridgehead atoms. The van der Waals surface area contributed by atoms with Gasteiger partial charge in [0.25, 0.3) is 0 Å². The zero-order valence-electron chi connectivity index (χ0n) is 14.2. The maximum Gasteiger partial charge on any atom is 0.346 e. The van der Waals surface area contributed by atoms with Crippen LogP contribution >= 0.6 is 30.4 Å². The normalized spacial score (nSPS) is 11.0. The molecular weight excluding hydrogens is 455 g/mol. The summed E-state index contributed by atoms with van der Waals surface area (Å²) in [5.74, 6) is -0.721. The summed E-state index contributed by atoms with van der Waals surface area (Å²) in [4.78, 5) is 13.2. The van der Waals surface area contributed by atoms with Crippen LogP contribution < -0.4 is 9.64 Å². The average Bonchev–Trinajstić information content (AvgIpc) is 2.62. The number of carbonyl (C=O) groups is 1. The second kappa shape index (κ2) is 12.0. The van der Waals surface area contributed by atoms with E-state index in [1.807, 2.05) is 12.1 Å². The number of hydrogen-bond acceptors (Lipinski definition) is 6. The molecule has 0 spiro atoms. The third-order valence-electron chi connectivity index (χ3n) is 3.43. The molecule has 0 aromatic heterocycles. The average molecular weight is 476 g/mol. The molecule has 0 heterocycles. The summed E-state index contributed by atoms with van der Waals surface area (Å²) in [5, 5.41) is 17.9. The van der Waals surface area contributed by atoms with E-state index in [2.05, 4.69) is 33.0 Å². The molecule has 136 valence electrons. The van der Waals surface area contributed by atoms with Gasteiger partial charge in [-0.1, -0.05) is 6.92 Å². The Morgan fingerprint density at radius 1 is 1.48 bits per heavy atom. The molecule has 0 amide bonds.